The fourth-order valence-electron chi connectivity index (χ4n) is 6.54. The monoisotopic (exact) mass is 739 g/mol. The zero-order valence-corrected chi connectivity index (χ0v) is 29.8. The number of hydrogen-bond donors (Lipinski definition) is 2. The van der Waals surface area contributed by atoms with Crippen LogP contribution in [0.15, 0.2) is 132 Å². The van der Waals surface area contributed by atoms with Crippen molar-refractivity contribution in [1.82, 2.24) is 9.97 Å². The Balaban J connectivity index is 1.49. The van der Waals surface area contributed by atoms with E-state index in [1.165, 1.54) is 35.7 Å². The molecule has 2 aliphatic rings. The average Bonchev–Trinajstić information content (AvgIpc) is 3.89. The van der Waals surface area contributed by atoms with Crippen LogP contribution in [-0.4, -0.2) is 15.7 Å². The normalized spacial score (nSPS) is 19.2. The van der Waals surface area contributed by atoms with E-state index in [-0.39, 0.29) is 5.41 Å². The van der Waals surface area contributed by atoms with Gasteiger partial charge in [-0.05, 0) is 128 Å². The lowest BCUT2D eigenvalue weighted by atomic mass is 9.88. The number of aryl methyl sites for hydroxylation is 2. The van der Waals surface area contributed by atoms with Gasteiger partial charge in [0.2, 0.25) is 0 Å². The summed E-state index contributed by atoms with van der Waals surface area (Å²) in [5, 5.41) is 2.09. The van der Waals surface area contributed by atoms with Crippen LogP contribution in [-0.2, 0) is 5.41 Å². The molecule has 0 amide bonds. The summed E-state index contributed by atoms with van der Waals surface area (Å²) in [6, 6.07) is 39.8. The fourth-order valence-corrected chi connectivity index (χ4v) is 8.10. The number of halogens is 1. The van der Waals surface area contributed by atoms with Crippen molar-refractivity contribution >= 4 is 56.4 Å². The first kappa shape index (κ1) is 29.9. The second kappa shape index (κ2) is 11.7. The first-order valence-electron chi connectivity index (χ1n) is 15.9. The van der Waals surface area contributed by atoms with Crippen molar-refractivity contribution in [3.63, 3.8) is 0 Å². The molecule has 8 bridgehead atoms. The Kier molecular flexibility index (Phi) is 7.42. The van der Waals surface area contributed by atoms with Gasteiger partial charge < -0.3 is 9.97 Å². The van der Waals surface area contributed by atoms with Crippen molar-refractivity contribution in [2.75, 3.05) is 0 Å². The van der Waals surface area contributed by atoms with Crippen LogP contribution in [0.5, 0.6) is 0 Å². The molecule has 0 saturated carbocycles. The molecule has 6 aromatic rings. The van der Waals surface area contributed by atoms with E-state index in [0.29, 0.717) is 0 Å². The van der Waals surface area contributed by atoms with Crippen LogP contribution in [0.4, 0.5) is 0 Å². The molecular weight excluding hydrogens is 705 g/mol. The maximum atomic E-state index is 5.40. The second-order valence-corrected chi connectivity index (χ2v) is 15.3. The zero-order valence-electron chi connectivity index (χ0n) is 26.8. The van der Waals surface area contributed by atoms with Gasteiger partial charge in [0.05, 0.1) is 11.4 Å². The Hall–Kier alpha value is -4.46. The maximum absolute atomic E-state index is 5.40. The van der Waals surface area contributed by atoms with E-state index in [2.05, 4.69) is 182 Å². The van der Waals surface area contributed by atoms with Crippen LogP contribution >= 0.6 is 33.9 Å². The molecule has 0 unspecified atom stereocenters. The number of aromatic amines is 2. The van der Waals surface area contributed by atoms with Crippen molar-refractivity contribution in [2.24, 2.45) is 4.99 Å². The van der Waals surface area contributed by atoms with Crippen LogP contribution in [0.1, 0.15) is 62.8 Å². The Morgan fingerprint density at radius 1 is 0.596 bits per heavy atom. The number of rotatable bonds is 3. The number of thiophene rings is 1. The molecule has 0 fully saturated rings. The predicted octanol–water partition coefficient (Wildman–Crippen LogP) is 9.18. The molecule has 3 aromatic carbocycles. The minimum atomic E-state index is -0.230. The van der Waals surface area contributed by atoms with Crippen molar-refractivity contribution in [2.45, 2.75) is 33.1 Å². The van der Waals surface area contributed by atoms with Gasteiger partial charge in [0.15, 0.2) is 0 Å². The van der Waals surface area contributed by atoms with Gasteiger partial charge in [-0.1, -0.05) is 71.8 Å². The lowest BCUT2D eigenvalue weighted by Crippen LogP contribution is -2.20. The highest BCUT2D eigenvalue weighted by molar-refractivity contribution is 14.1. The largest absolute Gasteiger partial charge is 0.358 e. The molecular formula is C42H34IN3S. The van der Waals surface area contributed by atoms with Gasteiger partial charge in [-0.25, -0.2) is 4.99 Å². The van der Waals surface area contributed by atoms with Crippen LogP contribution in [0.2, 0.25) is 0 Å². The Morgan fingerprint density at radius 3 is 1.87 bits per heavy atom. The van der Waals surface area contributed by atoms with E-state index in [4.69, 9.17) is 4.99 Å². The fraction of sp³-hybridized carbons (Fsp3) is 0.119. The smallest absolute Gasteiger partial charge is 0.0737 e. The molecule has 8 rings (SSSR count). The Morgan fingerprint density at radius 2 is 1.19 bits per heavy atom. The van der Waals surface area contributed by atoms with Gasteiger partial charge in [0.1, 0.15) is 0 Å². The zero-order chi connectivity index (χ0) is 32.3. The number of nitrogens with one attached hydrogen (secondary N) is 2. The van der Waals surface area contributed by atoms with E-state index in [1.54, 1.807) is 0 Å². The second-order valence-electron chi connectivity index (χ2n) is 12.9. The van der Waals surface area contributed by atoms with Crippen LogP contribution < -0.4 is 10.7 Å². The average molecular weight is 740 g/mol. The molecule has 3 nitrogen and oxygen atoms in total. The Labute approximate surface area is 293 Å². The minimum Gasteiger partial charge on any atom is -0.358 e. The number of fused-ring (bicyclic) bond motifs is 7. The molecule has 0 radical (unpaired) electrons. The van der Waals surface area contributed by atoms with Crippen molar-refractivity contribution in [3.8, 4) is 0 Å². The number of benzene rings is 3. The maximum Gasteiger partial charge on any atom is 0.0737 e. The summed E-state index contributed by atoms with van der Waals surface area (Å²) in [5.74, 6) is 0. The molecule has 0 spiro atoms. The molecule has 2 N–H and O–H groups in total. The van der Waals surface area contributed by atoms with E-state index in [9.17, 15) is 0 Å². The standard InChI is InChI=1S/C42H34IN3S/c1-25-5-9-27(10-6-25)39-31-17-18-33(44-31)40(28-13-15-30(43)16-14-28)34-21-23-37(46-34)42(3,4)38-24-22-36(47-38)41(35-20-19-32(39)45-35)29-11-7-26(2)8-12-29/h5-24,44,46H,1-4H3/b39-31-,40-33-,41-35-. The Bertz CT molecular complexity index is 2370. The summed E-state index contributed by atoms with van der Waals surface area (Å²) in [6.45, 7) is 8.89. The van der Waals surface area contributed by atoms with E-state index in [0.717, 1.165) is 55.6 Å². The minimum absolute atomic E-state index is 0.230. The molecule has 0 saturated heterocycles. The van der Waals surface area contributed by atoms with Gasteiger partial charge in [-0.15, -0.1) is 11.3 Å². The van der Waals surface area contributed by atoms with Gasteiger partial charge in [0, 0.05) is 57.5 Å². The molecule has 230 valence electrons. The molecule has 3 aromatic heterocycles. The number of nitrogens with zero attached hydrogens (tertiary/aromatic N) is 1. The van der Waals surface area contributed by atoms with Gasteiger partial charge in [0.25, 0.3) is 0 Å². The van der Waals surface area contributed by atoms with Gasteiger partial charge in [-0.3, -0.25) is 0 Å². The van der Waals surface area contributed by atoms with Crippen molar-refractivity contribution in [1.29, 1.82) is 0 Å². The van der Waals surface area contributed by atoms with E-state index < -0.39 is 0 Å². The van der Waals surface area contributed by atoms with E-state index in [1.807, 2.05) is 11.3 Å². The van der Waals surface area contributed by atoms with Gasteiger partial charge in [-0.2, -0.15) is 0 Å². The van der Waals surface area contributed by atoms with Gasteiger partial charge >= 0.3 is 0 Å². The van der Waals surface area contributed by atoms with Crippen LogP contribution in [0.3, 0.4) is 0 Å². The number of H-pyrrole nitrogens is 2. The summed E-state index contributed by atoms with van der Waals surface area (Å²) in [5.41, 5.74) is 13.3. The molecule has 0 aliphatic carbocycles. The lowest BCUT2D eigenvalue weighted by Gasteiger charge is -2.22. The first-order chi connectivity index (χ1) is 22.7. The van der Waals surface area contributed by atoms with Crippen molar-refractivity contribution in [3.05, 3.63) is 190 Å². The number of aromatic nitrogens is 2. The third-order valence-electron chi connectivity index (χ3n) is 9.29. The predicted molar refractivity (Wildman–Crippen MR) is 206 cm³/mol. The number of aliphatic imine (C=N–C) groups is 1. The highest BCUT2D eigenvalue weighted by Gasteiger charge is 2.29. The number of allylic oxidation sites excluding steroid dienone is 2. The first-order valence-corrected chi connectivity index (χ1v) is 17.8. The number of hydrogen-bond acceptors (Lipinski definition) is 2. The molecule has 0 atom stereocenters. The van der Waals surface area contributed by atoms with Crippen molar-refractivity contribution < 1.29 is 0 Å². The lowest BCUT2D eigenvalue weighted by molar-refractivity contribution is 0.634. The molecule has 5 heteroatoms. The quantitative estimate of drug-likeness (QED) is 0.170. The highest BCUT2D eigenvalue weighted by Crippen LogP contribution is 2.41. The van der Waals surface area contributed by atoms with Crippen LogP contribution in [0, 0.1) is 17.4 Å². The highest BCUT2D eigenvalue weighted by atomic mass is 127. The summed E-state index contributed by atoms with van der Waals surface area (Å²) in [7, 11) is 0. The molecule has 5 heterocycles. The van der Waals surface area contributed by atoms with Crippen LogP contribution in [0.25, 0.3) is 16.7 Å². The SMILES string of the molecule is Cc1ccc(/C2=C3\C=CC(=N3)/C(c3ccc(C)cc3)=c3/cc/c([nH]3)=C(\c3ccc(I)cc3)c3ccc([nH]3)C(C)(C)c3ccc2s3)cc1. The summed E-state index contributed by atoms with van der Waals surface area (Å²) in [4.78, 5) is 15.6. The summed E-state index contributed by atoms with van der Waals surface area (Å²) < 4.78 is 1.21. The molecule has 47 heavy (non-hydrogen) atoms. The third kappa shape index (κ3) is 5.41. The summed E-state index contributed by atoms with van der Waals surface area (Å²) >= 11 is 4.23. The van der Waals surface area contributed by atoms with E-state index >= 15 is 0 Å². The molecule has 2 aliphatic heterocycles. The topological polar surface area (TPSA) is 43.9 Å². The third-order valence-corrected chi connectivity index (χ3v) is 11.4. The summed E-state index contributed by atoms with van der Waals surface area (Å²) in [6.07, 6.45) is 4.36.